The summed E-state index contributed by atoms with van der Waals surface area (Å²) in [5, 5.41) is 6.97. The van der Waals surface area contributed by atoms with E-state index in [0.717, 1.165) is 11.1 Å². The average Bonchev–Trinajstić information content (AvgIpc) is 2.75. The quantitative estimate of drug-likeness (QED) is 0.212. The lowest BCUT2D eigenvalue weighted by atomic mass is 10.1. The van der Waals surface area contributed by atoms with Crippen LogP contribution in [0, 0.1) is 6.92 Å². The topological polar surface area (TPSA) is 105 Å². The van der Waals surface area contributed by atoms with Crippen LogP contribution in [0.4, 0.5) is 0 Å². The van der Waals surface area contributed by atoms with Gasteiger partial charge in [0.25, 0.3) is 0 Å². The molecule has 174 valence electrons. The van der Waals surface area contributed by atoms with Crippen molar-refractivity contribution in [3.8, 4) is 0 Å². The zero-order chi connectivity index (χ0) is 23.7. The fourth-order valence-corrected chi connectivity index (χ4v) is 5.03. The maximum atomic E-state index is 12.5. The smallest absolute Gasteiger partial charge is 0.222 e. The molecule has 7 nitrogen and oxygen atoms in total. The third kappa shape index (κ3) is 7.48. The van der Waals surface area contributed by atoms with Crippen molar-refractivity contribution in [2.75, 3.05) is 19.5 Å². The first-order valence-electron chi connectivity index (χ1n) is 10.1. The number of benzene rings is 2. The van der Waals surface area contributed by atoms with Crippen LogP contribution < -0.4 is 11.2 Å². The van der Waals surface area contributed by atoms with E-state index in [2.05, 4.69) is 10.4 Å². The average molecular weight is 499 g/mol. The number of unbranched alkanes of at least 4 members (excludes halogenated alkanes) is 1. The summed E-state index contributed by atoms with van der Waals surface area (Å²) in [4.78, 5) is 14.1. The van der Waals surface area contributed by atoms with Crippen LogP contribution in [0.25, 0.3) is 0 Å². The van der Waals surface area contributed by atoms with Crippen LogP contribution in [0.2, 0.25) is 10.0 Å². The number of amides is 1. The normalized spacial score (nSPS) is 11.8. The summed E-state index contributed by atoms with van der Waals surface area (Å²) in [5.74, 6) is 4.94. The molecule has 1 amide bonds. The molecule has 0 spiro atoms. The Hall–Kier alpha value is -2.13. The second-order valence-corrected chi connectivity index (χ2v) is 10.2. The first kappa shape index (κ1) is 26.1. The van der Waals surface area contributed by atoms with E-state index in [1.807, 2.05) is 24.3 Å². The third-order valence-electron chi connectivity index (χ3n) is 4.96. The lowest BCUT2D eigenvalue weighted by molar-refractivity contribution is -0.130. The number of carbonyl (C=O) groups is 1. The molecule has 0 aliphatic carbocycles. The van der Waals surface area contributed by atoms with Gasteiger partial charge >= 0.3 is 0 Å². The molecule has 2 aromatic rings. The van der Waals surface area contributed by atoms with Crippen molar-refractivity contribution < 1.29 is 13.2 Å². The van der Waals surface area contributed by atoms with E-state index in [1.54, 1.807) is 25.1 Å². The Morgan fingerprint density at radius 1 is 1.16 bits per heavy atom. The van der Waals surface area contributed by atoms with Gasteiger partial charge in [-0.25, -0.2) is 8.42 Å². The summed E-state index contributed by atoms with van der Waals surface area (Å²) < 4.78 is 25.0. The molecule has 10 heteroatoms. The fraction of sp³-hybridized carbons (Fsp3) is 0.364. The van der Waals surface area contributed by atoms with Crippen LogP contribution in [0.1, 0.15) is 36.0 Å². The Labute approximate surface area is 199 Å². The van der Waals surface area contributed by atoms with Crippen LogP contribution in [-0.2, 0) is 21.2 Å². The van der Waals surface area contributed by atoms with Crippen molar-refractivity contribution >= 4 is 45.2 Å². The predicted molar refractivity (Wildman–Crippen MR) is 130 cm³/mol. The molecule has 0 atom stereocenters. The number of nitrogens with one attached hydrogen (secondary N) is 1. The van der Waals surface area contributed by atoms with Gasteiger partial charge in [0.05, 0.1) is 16.1 Å². The van der Waals surface area contributed by atoms with Crippen LogP contribution in [0.3, 0.4) is 0 Å². The highest BCUT2D eigenvalue weighted by Gasteiger charge is 2.20. The van der Waals surface area contributed by atoms with Crippen LogP contribution in [0.5, 0.6) is 0 Å². The minimum Gasteiger partial charge on any atom is -0.341 e. The molecule has 0 unspecified atom stereocenters. The Balaban J connectivity index is 1.72. The Morgan fingerprint density at radius 3 is 2.50 bits per heavy atom. The van der Waals surface area contributed by atoms with E-state index in [-0.39, 0.29) is 21.7 Å². The Bertz CT molecular complexity index is 1060. The summed E-state index contributed by atoms with van der Waals surface area (Å²) in [6, 6.07) is 10.6. The molecule has 3 N–H and O–H groups in total. The SMILES string of the molecule is Cc1c(Cl)ccc(S(=O)(=O)CNCCCCC(=O)N(C)Cc2ccc(C=NN)cc2)c1Cl. The lowest BCUT2D eigenvalue weighted by Gasteiger charge is -2.17. The maximum absolute atomic E-state index is 12.5. The molecular weight excluding hydrogens is 471 g/mol. The number of hydrogen-bond acceptors (Lipinski definition) is 6. The monoisotopic (exact) mass is 498 g/mol. The van der Waals surface area contributed by atoms with Crippen molar-refractivity contribution in [1.29, 1.82) is 0 Å². The second-order valence-electron chi connectivity index (χ2n) is 7.47. The molecule has 0 aliphatic rings. The molecule has 0 saturated heterocycles. The number of nitrogens with two attached hydrogens (primary N) is 1. The number of halogens is 2. The van der Waals surface area contributed by atoms with Gasteiger partial charge in [0.1, 0.15) is 5.88 Å². The molecule has 2 rings (SSSR count). The van der Waals surface area contributed by atoms with Crippen molar-refractivity contribution in [1.82, 2.24) is 10.2 Å². The number of hydrazone groups is 1. The minimum absolute atomic E-state index is 0.0358. The second kappa shape index (κ2) is 12.2. The Kier molecular flexibility index (Phi) is 9.96. The molecule has 0 heterocycles. The lowest BCUT2D eigenvalue weighted by Crippen LogP contribution is -2.27. The highest BCUT2D eigenvalue weighted by Crippen LogP contribution is 2.30. The van der Waals surface area contributed by atoms with E-state index in [0.29, 0.717) is 42.9 Å². The van der Waals surface area contributed by atoms with Gasteiger partial charge in [0.15, 0.2) is 9.84 Å². The van der Waals surface area contributed by atoms with Gasteiger partial charge in [-0.15, -0.1) is 0 Å². The van der Waals surface area contributed by atoms with Crippen LogP contribution in [0.15, 0.2) is 46.4 Å². The highest BCUT2D eigenvalue weighted by atomic mass is 35.5. The largest absolute Gasteiger partial charge is 0.341 e. The summed E-state index contributed by atoms with van der Waals surface area (Å²) in [5.41, 5.74) is 2.45. The Morgan fingerprint density at radius 2 is 1.84 bits per heavy atom. The summed E-state index contributed by atoms with van der Waals surface area (Å²) in [6.07, 6.45) is 3.28. The van der Waals surface area contributed by atoms with Gasteiger partial charge in [-0.2, -0.15) is 5.10 Å². The van der Waals surface area contributed by atoms with E-state index in [4.69, 9.17) is 29.0 Å². The summed E-state index contributed by atoms with van der Waals surface area (Å²) in [7, 11) is -1.82. The molecule has 0 aromatic heterocycles. The molecule has 0 aliphatic heterocycles. The van der Waals surface area contributed by atoms with Crippen molar-refractivity contribution in [3.63, 3.8) is 0 Å². The van der Waals surface area contributed by atoms with Gasteiger partial charge < -0.3 is 16.1 Å². The molecule has 2 aromatic carbocycles. The van der Waals surface area contributed by atoms with Gasteiger partial charge in [-0.1, -0.05) is 47.5 Å². The molecular formula is C22H28Cl2N4O3S. The zero-order valence-electron chi connectivity index (χ0n) is 18.1. The highest BCUT2D eigenvalue weighted by molar-refractivity contribution is 7.91. The standard InChI is InChI=1S/C22H28Cl2N4O3S/c1-16-19(23)10-11-20(22(16)24)32(30,31)15-26-12-4-3-5-21(29)28(2)14-18-8-6-17(7-9-18)13-27-25/h6-11,13,26H,3-5,12,14-15,25H2,1-2H3. The van der Waals surface area contributed by atoms with E-state index >= 15 is 0 Å². The minimum atomic E-state index is -3.58. The molecule has 0 bridgehead atoms. The van der Waals surface area contributed by atoms with Gasteiger partial charge in [-0.3, -0.25) is 4.79 Å². The number of rotatable bonds is 11. The van der Waals surface area contributed by atoms with E-state index in [9.17, 15) is 13.2 Å². The first-order chi connectivity index (χ1) is 15.2. The number of sulfone groups is 1. The third-order valence-corrected chi connectivity index (χ3v) is 7.56. The summed E-state index contributed by atoms with van der Waals surface area (Å²) >= 11 is 12.1. The first-order valence-corrected chi connectivity index (χ1v) is 12.5. The van der Waals surface area contributed by atoms with E-state index < -0.39 is 9.84 Å². The van der Waals surface area contributed by atoms with Gasteiger partial charge in [0, 0.05) is 25.0 Å². The van der Waals surface area contributed by atoms with Gasteiger partial charge in [0.2, 0.25) is 5.91 Å². The van der Waals surface area contributed by atoms with Gasteiger partial charge in [-0.05, 0) is 55.1 Å². The predicted octanol–water partition coefficient (Wildman–Crippen LogP) is 3.74. The zero-order valence-corrected chi connectivity index (χ0v) is 20.5. The van der Waals surface area contributed by atoms with Crippen LogP contribution >= 0.6 is 23.2 Å². The number of hydrogen-bond donors (Lipinski definition) is 2. The molecule has 32 heavy (non-hydrogen) atoms. The van der Waals surface area contributed by atoms with Crippen molar-refractivity contribution in [2.24, 2.45) is 10.9 Å². The number of nitrogens with zero attached hydrogens (tertiary/aromatic N) is 2. The maximum Gasteiger partial charge on any atom is 0.222 e. The van der Waals surface area contributed by atoms with Crippen LogP contribution in [-0.4, -0.2) is 44.9 Å². The summed E-state index contributed by atoms with van der Waals surface area (Å²) in [6.45, 7) is 2.66. The molecule has 0 fully saturated rings. The van der Waals surface area contributed by atoms with Crippen molar-refractivity contribution in [2.45, 2.75) is 37.6 Å². The van der Waals surface area contributed by atoms with E-state index in [1.165, 1.54) is 12.1 Å². The number of carbonyl (C=O) groups excluding carboxylic acids is 1. The molecule has 0 saturated carbocycles. The molecule has 0 radical (unpaired) electrons. The van der Waals surface area contributed by atoms with Crippen molar-refractivity contribution in [3.05, 3.63) is 63.1 Å². The fourth-order valence-electron chi connectivity index (χ4n) is 3.04.